The molecule has 1 atom stereocenters. The molecule has 5 nitrogen and oxygen atoms in total. The van der Waals surface area contributed by atoms with E-state index in [9.17, 15) is 0 Å². The van der Waals surface area contributed by atoms with Gasteiger partial charge in [-0.25, -0.2) is 0 Å². The molecule has 1 N–H and O–H groups in total. The van der Waals surface area contributed by atoms with Gasteiger partial charge in [-0.05, 0) is 20.8 Å². The topological polar surface area (TPSA) is 56.5 Å². The van der Waals surface area contributed by atoms with Crippen LogP contribution in [0, 0.1) is 13.8 Å². The number of ether oxygens (including phenoxy) is 2. The molecule has 0 bridgehead atoms. The molecule has 5 heteroatoms. The van der Waals surface area contributed by atoms with E-state index in [1.165, 1.54) is 0 Å². The van der Waals surface area contributed by atoms with Crippen LogP contribution in [0.25, 0.3) is 0 Å². The zero-order valence-electron chi connectivity index (χ0n) is 11.1. The third-order valence-electron chi connectivity index (χ3n) is 2.65. The average Bonchev–Trinajstić information content (AvgIpc) is 2.63. The molecule has 1 aromatic heterocycles. The van der Waals surface area contributed by atoms with Crippen LogP contribution in [0.1, 0.15) is 30.0 Å². The molecular weight excluding hydrogens is 220 g/mol. The van der Waals surface area contributed by atoms with Crippen molar-refractivity contribution in [2.75, 3.05) is 33.5 Å². The zero-order valence-corrected chi connectivity index (χ0v) is 11.1. The van der Waals surface area contributed by atoms with E-state index in [0.29, 0.717) is 19.8 Å². The smallest absolute Gasteiger partial charge is 0.138 e. The fourth-order valence-electron chi connectivity index (χ4n) is 1.80. The van der Waals surface area contributed by atoms with Gasteiger partial charge in [0.15, 0.2) is 0 Å². The second-order valence-electron chi connectivity index (χ2n) is 4.02. The molecule has 0 aliphatic carbocycles. The Kier molecular flexibility index (Phi) is 6.18. The Labute approximate surface area is 102 Å². The number of methoxy groups -OCH3 is 1. The number of nitrogens with zero attached hydrogens (tertiary/aromatic N) is 1. The number of hydrogen-bond acceptors (Lipinski definition) is 5. The van der Waals surface area contributed by atoms with Gasteiger partial charge >= 0.3 is 0 Å². The van der Waals surface area contributed by atoms with E-state index in [4.69, 9.17) is 14.0 Å². The molecule has 0 fully saturated rings. The van der Waals surface area contributed by atoms with Crippen molar-refractivity contribution in [3.8, 4) is 0 Å². The molecule has 1 aromatic rings. The van der Waals surface area contributed by atoms with Crippen LogP contribution in [0.3, 0.4) is 0 Å². The Morgan fingerprint density at radius 2 is 2.06 bits per heavy atom. The van der Waals surface area contributed by atoms with Gasteiger partial charge in [-0.15, -0.1) is 0 Å². The number of rotatable bonds is 8. The van der Waals surface area contributed by atoms with Gasteiger partial charge in [0.05, 0.1) is 25.5 Å². The first-order valence-electron chi connectivity index (χ1n) is 5.89. The lowest BCUT2D eigenvalue weighted by Gasteiger charge is -2.13. The minimum Gasteiger partial charge on any atom is -0.382 e. The molecule has 98 valence electrons. The first-order valence-corrected chi connectivity index (χ1v) is 5.89. The summed E-state index contributed by atoms with van der Waals surface area (Å²) in [6.07, 6.45) is 0. The summed E-state index contributed by atoms with van der Waals surface area (Å²) < 4.78 is 15.4. The van der Waals surface area contributed by atoms with Crippen molar-refractivity contribution in [1.82, 2.24) is 10.5 Å². The van der Waals surface area contributed by atoms with E-state index < -0.39 is 0 Å². The molecule has 0 amide bonds. The van der Waals surface area contributed by atoms with Crippen molar-refractivity contribution in [2.45, 2.75) is 26.8 Å². The zero-order chi connectivity index (χ0) is 12.7. The fourth-order valence-corrected chi connectivity index (χ4v) is 1.80. The normalized spacial score (nSPS) is 12.9. The second-order valence-corrected chi connectivity index (χ2v) is 4.02. The highest BCUT2D eigenvalue weighted by atomic mass is 16.5. The summed E-state index contributed by atoms with van der Waals surface area (Å²) in [6, 6.07) is 0.229. The van der Waals surface area contributed by atoms with Gasteiger partial charge in [0, 0.05) is 25.3 Å². The van der Waals surface area contributed by atoms with Crippen LogP contribution in [-0.2, 0) is 9.47 Å². The van der Waals surface area contributed by atoms with E-state index in [1.807, 2.05) is 13.8 Å². The molecule has 17 heavy (non-hydrogen) atoms. The molecule has 0 radical (unpaired) electrons. The van der Waals surface area contributed by atoms with Gasteiger partial charge in [0.25, 0.3) is 0 Å². The van der Waals surface area contributed by atoms with E-state index >= 15 is 0 Å². The van der Waals surface area contributed by atoms with Crippen molar-refractivity contribution in [3.05, 3.63) is 17.0 Å². The summed E-state index contributed by atoms with van der Waals surface area (Å²) in [7, 11) is 1.67. The van der Waals surface area contributed by atoms with Crippen LogP contribution in [0.4, 0.5) is 0 Å². The summed E-state index contributed by atoms with van der Waals surface area (Å²) in [6.45, 7) is 8.74. The van der Waals surface area contributed by atoms with Gasteiger partial charge in [-0.2, -0.15) is 0 Å². The van der Waals surface area contributed by atoms with Crippen LogP contribution < -0.4 is 5.32 Å². The van der Waals surface area contributed by atoms with Crippen LogP contribution in [0.2, 0.25) is 0 Å². The number of nitrogens with one attached hydrogen (secondary N) is 1. The summed E-state index contributed by atoms with van der Waals surface area (Å²) in [5.74, 6) is 0.878. The Morgan fingerprint density at radius 3 is 2.65 bits per heavy atom. The summed E-state index contributed by atoms with van der Waals surface area (Å²) in [4.78, 5) is 0. The maximum absolute atomic E-state index is 5.38. The number of aryl methyl sites for hydroxylation is 2. The van der Waals surface area contributed by atoms with Gasteiger partial charge in [-0.1, -0.05) is 5.16 Å². The molecule has 0 aliphatic heterocycles. The second kappa shape index (κ2) is 7.42. The van der Waals surface area contributed by atoms with Crippen molar-refractivity contribution in [3.63, 3.8) is 0 Å². The van der Waals surface area contributed by atoms with E-state index in [2.05, 4.69) is 17.4 Å². The Bertz CT molecular complexity index is 306. The van der Waals surface area contributed by atoms with Gasteiger partial charge in [0.2, 0.25) is 0 Å². The lowest BCUT2D eigenvalue weighted by Crippen LogP contribution is -2.24. The first-order chi connectivity index (χ1) is 8.16. The predicted molar refractivity (Wildman–Crippen MR) is 65.1 cm³/mol. The Balaban J connectivity index is 2.23. The van der Waals surface area contributed by atoms with E-state index in [-0.39, 0.29) is 6.04 Å². The Hall–Kier alpha value is -0.910. The molecular formula is C12H22N2O3. The maximum atomic E-state index is 5.38. The monoisotopic (exact) mass is 242 g/mol. The van der Waals surface area contributed by atoms with Crippen LogP contribution in [0.5, 0.6) is 0 Å². The fraction of sp³-hybridized carbons (Fsp3) is 0.750. The number of aromatic nitrogens is 1. The molecule has 0 aromatic carbocycles. The highest BCUT2D eigenvalue weighted by molar-refractivity contribution is 5.24. The molecule has 1 heterocycles. The third kappa shape index (κ3) is 4.46. The molecule has 1 unspecified atom stereocenters. The van der Waals surface area contributed by atoms with Crippen LogP contribution in [0.15, 0.2) is 4.52 Å². The lowest BCUT2D eigenvalue weighted by atomic mass is 10.1. The van der Waals surface area contributed by atoms with E-state index in [0.717, 1.165) is 23.6 Å². The quantitative estimate of drug-likeness (QED) is 0.702. The average molecular weight is 242 g/mol. The largest absolute Gasteiger partial charge is 0.382 e. The summed E-state index contributed by atoms with van der Waals surface area (Å²) in [5, 5.41) is 7.32. The predicted octanol–water partition coefficient (Wildman–Crippen LogP) is 1.61. The minimum absolute atomic E-state index is 0.229. The minimum atomic E-state index is 0.229. The van der Waals surface area contributed by atoms with Crippen molar-refractivity contribution in [1.29, 1.82) is 0 Å². The molecule has 1 rings (SSSR count). The molecule has 0 saturated heterocycles. The van der Waals surface area contributed by atoms with Gasteiger partial charge in [-0.3, -0.25) is 0 Å². The van der Waals surface area contributed by atoms with Crippen molar-refractivity contribution < 1.29 is 14.0 Å². The SMILES string of the molecule is COCCOCCNC(C)c1c(C)noc1C. The maximum Gasteiger partial charge on any atom is 0.138 e. The third-order valence-corrected chi connectivity index (χ3v) is 2.65. The molecule has 0 saturated carbocycles. The first kappa shape index (κ1) is 14.2. The molecule has 0 spiro atoms. The highest BCUT2D eigenvalue weighted by Gasteiger charge is 2.15. The van der Waals surface area contributed by atoms with Gasteiger partial charge in [0.1, 0.15) is 5.76 Å². The summed E-state index contributed by atoms with van der Waals surface area (Å²) >= 11 is 0. The van der Waals surface area contributed by atoms with Crippen LogP contribution in [-0.4, -0.2) is 38.6 Å². The highest BCUT2D eigenvalue weighted by Crippen LogP contribution is 2.20. The van der Waals surface area contributed by atoms with Gasteiger partial charge < -0.3 is 19.3 Å². The molecule has 0 aliphatic rings. The van der Waals surface area contributed by atoms with Crippen molar-refractivity contribution in [2.24, 2.45) is 0 Å². The van der Waals surface area contributed by atoms with Crippen molar-refractivity contribution >= 4 is 0 Å². The lowest BCUT2D eigenvalue weighted by molar-refractivity contribution is 0.0712. The number of hydrogen-bond donors (Lipinski definition) is 1. The summed E-state index contributed by atoms with van der Waals surface area (Å²) in [5.41, 5.74) is 2.09. The van der Waals surface area contributed by atoms with Crippen LogP contribution >= 0.6 is 0 Å². The standard InChI is InChI=1S/C12H22N2O3/c1-9(12-10(2)14-17-11(12)3)13-5-6-16-8-7-15-4/h9,13H,5-8H2,1-4H3. The van der Waals surface area contributed by atoms with E-state index in [1.54, 1.807) is 7.11 Å². The Morgan fingerprint density at radius 1 is 1.29 bits per heavy atom.